The molecule has 0 bridgehead atoms. The minimum absolute atomic E-state index is 0.241. The Hall–Kier alpha value is 0.330. The predicted molar refractivity (Wildman–Crippen MR) is 61.7 cm³/mol. The van der Waals surface area contributed by atoms with Gasteiger partial charge in [0, 0.05) is 29.7 Å². The molecule has 0 fully saturated rings. The molecule has 1 aliphatic heterocycles. The first kappa shape index (κ1) is 11.4. The topological polar surface area (TPSA) is 23.5 Å². The zero-order valence-corrected chi connectivity index (χ0v) is 10.7. The van der Waals surface area contributed by atoms with E-state index in [0.29, 0.717) is 10.3 Å². The molecule has 0 spiro atoms. The molecule has 0 aromatic carbocycles. The first-order chi connectivity index (χ1) is 6.07. The standard InChI is InChI=1S/C9H16BrNOS/c1-6(2)11-7(3)8(4-5-12)13-9(11)10/h6,9,12H,4-5H2,1-3H3. The number of alkyl halides is 1. The van der Waals surface area contributed by atoms with Gasteiger partial charge in [-0.1, -0.05) is 27.7 Å². The van der Waals surface area contributed by atoms with Gasteiger partial charge in [-0.25, -0.2) is 0 Å². The molecule has 0 aromatic rings. The summed E-state index contributed by atoms with van der Waals surface area (Å²) in [5, 5.41) is 8.87. The number of allylic oxidation sites excluding steroid dienone is 1. The Morgan fingerprint density at radius 1 is 1.62 bits per heavy atom. The molecule has 1 N–H and O–H groups in total. The third-order valence-electron chi connectivity index (χ3n) is 2.14. The second-order valence-corrected chi connectivity index (χ2v) is 6.04. The molecule has 1 atom stereocenters. The highest BCUT2D eigenvalue weighted by molar-refractivity contribution is 9.11. The number of nitrogens with zero attached hydrogens (tertiary/aromatic N) is 1. The summed E-state index contributed by atoms with van der Waals surface area (Å²) in [6, 6.07) is 0.507. The minimum Gasteiger partial charge on any atom is -0.396 e. The first-order valence-electron chi connectivity index (χ1n) is 4.47. The quantitative estimate of drug-likeness (QED) is 0.627. The second kappa shape index (κ2) is 4.71. The minimum atomic E-state index is 0.241. The fraction of sp³-hybridized carbons (Fsp3) is 0.778. The van der Waals surface area contributed by atoms with E-state index in [9.17, 15) is 0 Å². The summed E-state index contributed by atoms with van der Waals surface area (Å²) >= 11 is 5.42. The molecule has 1 rings (SSSR count). The van der Waals surface area contributed by atoms with Gasteiger partial charge in [0.25, 0.3) is 0 Å². The summed E-state index contributed by atoms with van der Waals surface area (Å²) in [7, 11) is 0. The van der Waals surface area contributed by atoms with Gasteiger partial charge >= 0.3 is 0 Å². The molecule has 0 amide bonds. The maximum atomic E-state index is 8.87. The van der Waals surface area contributed by atoms with Crippen LogP contribution in [-0.2, 0) is 0 Å². The molecule has 1 unspecified atom stereocenters. The monoisotopic (exact) mass is 265 g/mol. The lowest BCUT2D eigenvalue weighted by Gasteiger charge is -2.27. The molecule has 76 valence electrons. The van der Waals surface area contributed by atoms with Gasteiger partial charge in [0.1, 0.15) is 4.28 Å². The smallest absolute Gasteiger partial charge is 0.135 e. The van der Waals surface area contributed by atoms with Gasteiger partial charge in [-0.3, -0.25) is 0 Å². The zero-order chi connectivity index (χ0) is 10.0. The van der Waals surface area contributed by atoms with Crippen LogP contribution in [0.2, 0.25) is 0 Å². The van der Waals surface area contributed by atoms with Gasteiger partial charge in [0.2, 0.25) is 0 Å². The third-order valence-corrected chi connectivity index (χ3v) is 4.35. The van der Waals surface area contributed by atoms with Crippen molar-refractivity contribution in [2.24, 2.45) is 0 Å². The molecule has 0 saturated heterocycles. The summed E-state index contributed by atoms with van der Waals surface area (Å²) < 4.78 is 0.342. The van der Waals surface area contributed by atoms with Crippen molar-refractivity contribution in [3.63, 3.8) is 0 Å². The molecular formula is C9H16BrNOS. The number of thioether (sulfide) groups is 1. The Balaban J connectivity index is 2.75. The molecule has 0 radical (unpaired) electrons. The van der Waals surface area contributed by atoms with Gasteiger partial charge in [-0.2, -0.15) is 0 Å². The van der Waals surface area contributed by atoms with Crippen LogP contribution in [0.15, 0.2) is 10.6 Å². The SMILES string of the molecule is CC1=C(CCO)SC(Br)N1C(C)C. The van der Waals surface area contributed by atoms with Gasteiger partial charge in [-0.15, -0.1) is 0 Å². The van der Waals surface area contributed by atoms with Crippen LogP contribution in [0.5, 0.6) is 0 Å². The molecule has 0 aromatic heterocycles. The van der Waals surface area contributed by atoms with Crippen LogP contribution in [-0.4, -0.2) is 26.9 Å². The summed E-state index contributed by atoms with van der Waals surface area (Å²) in [6.45, 7) is 6.73. The Bertz CT molecular complexity index is 218. The summed E-state index contributed by atoms with van der Waals surface area (Å²) in [5.41, 5.74) is 1.30. The summed E-state index contributed by atoms with van der Waals surface area (Å²) in [5.74, 6) is 0. The maximum absolute atomic E-state index is 8.87. The van der Waals surface area contributed by atoms with Crippen LogP contribution in [0.1, 0.15) is 27.2 Å². The number of hydrogen-bond donors (Lipinski definition) is 1. The van der Waals surface area contributed by atoms with E-state index in [2.05, 4.69) is 41.6 Å². The lowest BCUT2D eigenvalue weighted by molar-refractivity contribution is 0.297. The van der Waals surface area contributed by atoms with Crippen molar-refractivity contribution in [1.82, 2.24) is 4.90 Å². The van der Waals surface area contributed by atoms with E-state index in [-0.39, 0.29) is 6.61 Å². The van der Waals surface area contributed by atoms with Crippen molar-refractivity contribution in [1.29, 1.82) is 0 Å². The van der Waals surface area contributed by atoms with Gasteiger partial charge in [-0.05, 0) is 20.8 Å². The fourth-order valence-corrected chi connectivity index (χ4v) is 4.21. The molecule has 4 heteroatoms. The number of rotatable bonds is 3. The van der Waals surface area contributed by atoms with Crippen molar-refractivity contribution in [2.75, 3.05) is 6.61 Å². The lowest BCUT2D eigenvalue weighted by atomic mass is 10.2. The third kappa shape index (κ3) is 2.42. The van der Waals surface area contributed by atoms with Gasteiger partial charge in [0.15, 0.2) is 0 Å². The van der Waals surface area contributed by atoms with Gasteiger partial charge in [0.05, 0.1) is 0 Å². The molecule has 13 heavy (non-hydrogen) atoms. The van der Waals surface area contributed by atoms with Crippen molar-refractivity contribution in [3.05, 3.63) is 10.6 Å². The maximum Gasteiger partial charge on any atom is 0.135 e. The van der Waals surface area contributed by atoms with E-state index >= 15 is 0 Å². The van der Waals surface area contributed by atoms with E-state index in [0.717, 1.165) is 6.42 Å². The van der Waals surface area contributed by atoms with E-state index in [1.807, 2.05) is 0 Å². The van der Waals surface area contributed by atoms with Crippen molar-refractivity contribution in [3.8, 4) is 0 Å². The summed E-state index contributed by atoms with van der Waals surface area (Å²) in [6.07, 6.45) is 0.780. The van der Waals surface area contributed by atoms with Crippen LogP contribution >= 0.6 is 27.7 Å². The number of halogens is 1. The van der Waals surface area contributed by atoms with Crippen LogP contribution in [0.4, 0.5) is 0 Å². The van der Waals surface area contributed by atoms with Crippen LogP contribution in [0.25, 0.3) is 0 Å². The molecular weight excluding hydrogens is 250 g/mol. The largest absolute Gasteiger partial charge is 0.396 e. The van der Waals surface area contributed by atoms with Crippen molar-refractivity contribution in [2.45, 2.75) is 37.5 Å². The highest BCUT2D eigenvalue weighted by Gasteiger charge is 2.29. The first-order valence-corrected chi connectivity index (χ1v) is 6.27. The molecule has 2 nitrogen and oxygen atoms in total. The molecule has 0 aliphatic carbocycles. The normalized spacial score (nSPS) is 23.5. The summed E-state index contributed by atoms with van der Waals surface area (Å²) in [4.78, 5) is 3.63. The lowest BCUT2D eigenvalue weighted by Crippen LogP contribution is -2.30. The Morgan fingerprint density at radius 2 is 2.23 bits per heavy atom. The highest BCUT2D eigenvalue weighted by Crippen LogP contribution is 2.43. The predicted octanol–water partition coefficient (Wildman–Crippen LogP) is 2.74. The van der Waals surface area contributed by atoms with Crippen LogP contribution in [0.3, 0.4) is 0 Å². The highest BCUT2D eigenvalue weighted by atomic mass is 79.9. The number of hydrogen-bond acceptors (Lipinski definition) is 3. The number of aliphatic hydroxyl groups excluding tert-OH is 1. The Kier molecular flexibility index (Phi) is 4.13. The van der Waals surface area contributed by atoms with E-state index in [1.165, 1.54) is 10.6 Å². The van der Waals surface area contributed by atoms with E-state index < -0.39 is 0 Å². The van der Waals surface area contributed by atoms with Gasteiger partial charge < -0.3 is 10.0 Å². The van der Waals surface area contributed by atoms with Crippen molar-refractivity contribution < 1.29 is 5.11 Å². The van der Waals surface area contributed by atoms with Crippen molar-refractivity contribution >= 4 is 27.7 Å². The average Bonchev–Trinajstić information content (AvgIpc) is 2.28. The Labute approximate surface area is 92.5 Å². The van der Waals surface area contributed by atoms with E-state index in [4.69, 9.17) is 5.11 Å². The molecule has 0 saturated carbocycles. The Morgan fingerprint density at radius 3 is 2.62 bits per heavy atom. The average molecular weight is 266 g/mol. The number of aliphatic hydroxyl groups is 1. The van der Waals surface area contributed by atoms with Crippen LogP contribution in [0, 0.1) is 0 Å². The molecule has 1 heterocycles. The van der Waals surface area contributed by atoms with Crippen LogP contribution < -0.4 is 0 Å². The van der Waals surface area contributed by atoms with E-state index in [1.54, 1.807) is 11.8 Å². The zero-order valence-electron chi connectivity index (χ0n) is 8.25. The fourth-order valence-electron chi connectivity index (χ4n) is 1.52. The second-order valence-electron chi connectivity index (χ2n) is 3.39. The molecule has 1 aliphatic rings.